The Kier molecular flexibility index (Phi) is 6.84. The number of benzene rings is 3. The largest absolute Gasteiger partial charge is 0.355 e. The molecule has 7 nitrogen and oxygen atoms in total. The van der Waals surface area contributed by atoms with E-state index in [1.807, 2.05) is 36.4 Å². The first-order chi connectivity index (χ1) is 16.5. The summed E-state index contributed by atoms with van der Waals surface area (Å²) in [6.07, 6.45) is 1.62. The van der Waals surface area contributed by atoms with E-state index in [2.05, 4.69) is 20.6 Å². The Morgan fingerprint density at radius 2 is 1.44 bits per heavy atom. The Morgan fingerprint density at radius 1 is 0.794 bits per heavy atom. The zero-order valence-electron chi connectivity index (χ0n) is 18.5. The monoisotopic (exact) mass is 450 g/mol. The molecule has 1 heterocycles. The number of ketones is 1. The van der Waals surface area contributed by atoms with Gasteiger partial charge in [-0.3, -0.25) is 19.7 Å². The molecule has 34 heavy (non-hydrogen) atoms. The lowest BCUT2D eigenvalue weighted by Gasteiger charge is -2.11. The number of carbonyl (C=O) groups excluding carboxylic acids is 3. The summed E-state index contributed by atoms with van der Waals surface area (Å²) < 4.78 is 0. The van der Waals surface area contributed by atoms with Crippen molar-refractivity contribution in [3.05, 3.63) is 114 Å². The van der Waals surface area contributed by atoms with Crippen molar-refractivity contribution >= 4 is 23.5 Å². The van der Waals surface area contributed by atoms with Gasteiger partial charge in [0.25, 0.3) is 5.91 Å². The van der Waals surface area contributed by atoms with Crippen molar-refractivity contribution in [3.8, 4) is 11.1 Å². The summed E-state index contributed by atoms with van der Waals surface area (Å²) in [5, 5.41) is 5.23. The van der Waals surface area contributed by atoms with Gasteiger partial charge in [-0.15, -0.1) is 0 Å². The Morgan fingerprint density at radius 3 is 2.09 bits per heavy atom. The number of aromatic nitrogens is 2. The molecule has 0 bridgehead atoms. The van der Waals surface area contributed by atoms with Crippen molar-refractivity contribution in [2.45, 2.75) is 6.42 Å². The van der Waals surface area contributed by atoms with Gasteiger partial charge in [-0.1, -0.05) is 72.8 Å². The van der Waals surface area contributed by atoms with Crippen molar-refractivity contribution in [1.29, 1.82) is 0 Å². The van der Waals surface area contributed by atoms with E-state index in [0.29, 0.717) is 16.7 Å². The van der Waals surface area contributed by atoms with Gasteiger partial charge in [0.2, 0.25) is 17.6 Å². The smallest absolute Gasteiger partial charge is 0.251 e. The predicted molar refractivity (Wildman–Crippen MR) is 130 cm³/mol. The molecule has 0 saturated carbocycles. The number of nitrogens with zero attached hydrogens (tertiary/aromatic N) is 2. The Hall–Kier alpha value is -4.65. The van der Waals surface area contributed by atoms with Gasteiger partial charge in [0.1, 0.15) is 5.69 Å². The normalized spacial score (nSPS) is 10.4. The maximum Gasteiger partial charge on any atom is 0.251 e. The first-order valence-electron chi connectivity index (χ1n) is 10.7. The molecule has 4 rings (SSSR count). The summed E-state index contributed by atoms with van der Waals surface area (Å²) in [6, 6.07) is 25.0. The van der Waals surface area contributed by atoms with E-state index in [-0.39, 0.29) is 35.7 Å². The zero-order chi connectivity index (χ0) is 23.9. The van der Waals surface area contributed by atoms with Crippen molar-refractivity contribution < 1.29 is 14.4 Å². The van der Waals surface area contributed by atoms with Crippen LogP contribution in [-0.2, 0) is 11.2 Å². The number of carbonyl (C=O) groups is 3. The summed E-state index contributed by atoms with van der Waals surface area (Å²) in [4.78, 5) is 46.2. The van der Waals surface area contributed by atoms with E-state index in [1.54, 1.807) is 61.8 Å². The van der Waals surface area contributed by atoms with Crippen LogP contribution in [0, 0.1) is 0 Å². The second-order valence-corrected chi connectivity index (χ2v) is 7.52. The summed E-state index contributed by atoms with van der Waals surface area (Å²) >= 11 is 0. The Labute approximate surface area is 196 Å². The second-order valence-electron chi connectivity index (χ2n) is 7.52. The van der Waals surface area contributed by atoms with Crippen LogP contribution in [0.4, 0.5) is 5.95 Å². The van der Waals surface area contributed by atoms with Crippen molar-refractivity contribution in [3.63, 3.8) is 0 Å². The lowest BCUT2D eigenvalue weighted by Crippen LogP contribution is -2.19. The number of rotatable bonds is 7. The Bertz CT molecular complexity index is 1320. The second kappa shape index (κ2) is 10.3. The minimum atomic E-state index is -0.335. The van der Waals surface area contributed by atoms with Crippen molar-refractivity contribution in [2.75, 3.05) is 12.4 Å². The van der Waals surface area contributed by atoms with Crippen LogP contribution in [0.15, 0.2) is 91.1 Å². The van der Waals surface area contributed by atoms with Crippen LogP contribution in [0.5, 0.6) is 0 Å². The van der Waals surface area contributed by atoms with Gasteiger partial charge in [-0.25, -0.2) is 9.97 Å². The van der Waals surface area contributed by atoms with Crippen molar-refractivity contribution in [1.82, 2.24) is 15.3 Å². The molecule has 0 saturated heterocycles. The van der Waals surface area contributed by atoms with E-state index < -0.39 is 0 Å². The summed E-state index contributed by atoms with van der Waals surface area (Å²) in [7, 11) is 1.56. The van der Waals surface area contributed by atoms with Crippen LogP contribution < -0.4 is 10.6 Å². The average Bonchev–Trinajstić information content (AvgIpc) is 2.89. The number of nitrogens with one attached hydrogen (secondary N) is 2. The highest BCUT2D eigenvalue weighted by molar-refractivity contribution is 6.11. The highest BCUT2D eigenvalue weighted by Gasteiger charge is 2.19. The zero-order valence-corrected chi connectivity index (χ0v) is 18.5. The summed E-state index contributed by atoms with van der Waals surface area (Å²) in [5.74, 6) is -0.745. The fourth-order valence-electron chi connectivity index (χ4n) is 3.44. The van der Waals surface area contributed by atoms with E-state index >= 15 is 0 Å². The number of hydrogen-bond acceptors (Lipinski definition) is 5. The molecule has 0 fully saturated rings. The van der Waals surface area contributed by atoms with Gasteiger partial charge in [0, 0.05) is 29.9 Å². The van der Waals surface area contributed by atoms with Gasteiger partial charge in [-0.05, 0) is 23.3 Å². The molecule has 0 aliphatic carbocycles. The molecule has 3 aromatic carbocycles. The molecule has 0 aliphatic heterocycles. The number of amides is 2. The van der Waals surface area contributed by atoms with E-state index in [9.17, 15) is 14.4 Å². The molecule has 0 atom stereocenters. The Balaban J connectivity index is 1.58. The third kappa shape index (κ3) is 5.21. The van der Waals surface area contributed by atoms with E-state index in [0.717, 1.165) is 11.1 Å². The molecule has 0 unspecified atom stereocenters. The topological polar surface area (TPSA) is 101 Å². The molecule has 2 N–H and O–H groups in total. The van der Waals surface area contributed by atoms with Crippen LogP contribution in [-0.4, -0.2) is 34.6 Å². The number of hydrogen-bond donors (Lipinski definition) is 2. The first kappa shape index (κ1) is 22.5. The van der Waals surface area contributed by atoms with E-state index in [4.69, 9.17) is 0 Å². The van der Waals surface area contributed by atoms with Crippen LogP contribution in [0.2, 0.25) is 0 Å². The average molecular weight is 450 g/mol. The molecule has 4 aromatic rings. The van der Waals surface area contributed by atoms with Crippen molar-refractivity contribution in [2.24, 2.45) is 0 Å². The van der Waals surface area contributed by atoms with Crippen LogP contribution >= 0.6 is 0 Å². The molecular weight excluding hydrogens is 428 g/mol. The van der Waals surface area contributed by atoms with Crippen LogP contribution in [0.3, 0.4) is 0 Å². The van der Waals surface area contributed by atoms with Gasteiger partial charge in [0.05, 0.1) is 6.42 Å². The quantitative estimate of drug-likeness (QED) is 0.416. The van der Waals surface area contributed by atoms with Gasteiger partial charge < -0.3 is 5.32 Å². The first-order valence-corrected chi connectivity index (χ1v) is 10.7. The van der Waals surface area contributed by atoms with Crippen LogP contribution in [0.1, 0.15) is 32.0 Å². The lowest BCUT2D eigenvalue weighted by molar-refractivity contribution is -0.115. The fraction of sp³-hybridized carbons (Fsp3) is 0.0741. The molecular formula is C27H22N4O3. The lowest BCUT2D eigenvalue weighted by atomic mass is 10.00. The summed E-state index contributed by atoms with van der Waals surface area (Å²) in [5.41, 5.74) is 3.32. The highest BCUT2D eigenvalue weighted by atomic mass is 16.2. The number of anilines is 1. The van der Waals surface area contributed by atoms with Gasteiger partial charge in [0.15, 0.2) is 0 Å². The minimum Gasteiger partial charge on any atom is -0.355 e. The molecule has 0 aliphatic rings. The molecule has 0 radical (unpaired) electrons. The molecule has 0 spiro atoms. The molecule has 1 aromatic heterocycles. The third-order valence-electron chi connectivity index (χ3n) is 5.18. The highest BCUT2D eigenvalue weighted by Crippen LogP contribution is 2.25. The molecule has 7 heteroatoms. The fourth-order valence-corrected chi connectivity index (χ4v) is 3.44. The minimum absolute atomic E-state index is 0.0472. The standard InChI is InChI=1S/C27H22N4O3/c1-28-26(34)21-14-12-18(13-15-21)16-23(32)30-27-29-17-22(19-8-4-2-5-9-19)24(31-27)25(33)20-10-6-3-7-11-20/h2-15,17H,16H2,1H3,(H,28,34)(H,29,30,31,32). The van der Waals surface area contributed by atoms with Gasteiger partial charge in [-0.2, -0.15) is 0 Å². The predicted octanol–water partition coefficient (Wildman–Crippen LogP) is 3.92. The maximum atomic E-state index is 13.2. The SMILES string of the molecule is CNC(=O)c1ccc(CC(=O)Nc2ncc(-c3ccccc3)c(C(=O)c3ccccc3)n2)cc1. The van der Waals surface area contributed by atoms with E-state index in [1.165, 1.54) is 0 Å². The molecule has 168 valence electrons. The maximum absolute atomic E-state index is 13.2. The molecule has 2 amide bonds. The van der Waals surface area contributed by atoms with Crippen LogP contribution in [0.25, 0.3) is 11.1 Å². The van der Waals surface area contributed by atoms with Gasteiger partial charge >= 0.3 is 0 Å². The summed E-state index contributed by atoms with van der Waals surface area (Å²) in [6.45, 7) is 0. The third-order valence-corrected chi connectivity index (χ3v) is 5.18.